The Balaban J connectivity index is 1.37. The van der Waals surface area contributed by atoms with Crippen molar-refractivity contribution in [2.24, 2.45) is 0 Å². The molecule has 3 saturated carbocycles. The zero-order valence-electron chi connectivity index (χ0n) is 15.8. The predicted octanol–water partition coefficient (Wildman–Crippen LogP) is 2.17. The van der Waals surface area contributed by atoms with Crippen LogP contribution in [0.2, 0.25) is 0 Å². The molecule has 4 aliphatic rings. The van der Waals surface area contributed by atoms with Crippen molar-refractivity contribution in [3.63, 3.8) is 0 Å². The Morgan fingerprint density at radius 1 is 1.32 bits per heavy atom. The van der Waals surface area contributed by atoms with E-state index in [1.165, 1.54) is 4.90 Å². The number of aliphatic hydroxyl groups is 1. The Morgan fingerprint density at radius 2 is 2.00 bits per heavy atom. The molecular formula is C21H24F2N2O3. The monoisotopic (exact) mass is 390 g/mol. The van der Waals surface area contributed by atoms with Crippen molar-refractivity contribution < 1.29 is 23.5 Å². The van der Waals surface area contributed by atoms with E-state index in [4.69, 9.17) is 0 Å². The van der Waals surface area contributed by atoms with Gasteiger partial charge in [-0.05, 0) is 56.6 Å². The first-order valence-corrected chi connectivity index (χ1v) is 9.98. The zero-order chi connectivity index (χ0) is 19.8. The van der Waals surface area contributed by atoms with E-state index in [1.54, 1.807) is 19.1 Å². The van der Waals surface area contributed by atoms with Gasteiger partial charge in [-0.25, -0.2) is 8.78 Å². The summed E-state index contributed by atoms with van der Waals surface area (Å²) < 4.78 is 29.6. The number of nitrogens with one attached hydrogen (secondary N) is 1. The zero-order valence-corrected chi connectivity index (χ0v) is 15.8. The molecule has 3 fully saturated rings. The molecule has 7 heteroatoms. The number of carbonyl (C=O) groups excluding carboxylic acids is 2. The van der Waals surface area contributed by atoms with E-state index in [0.29, 0.717) is 18.4 Å². The SMILES string of the molecule is C[C@]1(O)C[C@H](NC(=O)CN2C[C@@]3(C[C@H]3F)c3c(ccc(C4CC4)c3F)C2=O)C1. The number of amides is 2. The second kappa shape index (κ2) is 5.75. The Kier molecular flexibility index (Phi) is 3.70. The Labute approximate surface area is 162 Å². The van der Waals surface area contributed by atoms with Crippen LogP contribution in [0.25, 0.3) is 0 Å². The normalized spacial score (nSPS) is 36.1. The molecule has 0 bridgehead atoms. The van der Waals surface area contributed by atoms with Gasteiger partial charge in [0.1, 0.15) is 12.0 Å². The number of benzene rings is 1. The number of alkyl halides is 1. The highest BCUT2D eigenvalue weighted by Crippen LogP contribution is 2.56. The minimum atomic E-state index is -1.20. The van der Waals surface area contributed by atoms with Gasteiger partial charge in [0.15, 0.2) is 0 Å². The van der Waals surface area contributed by atoms with Crippen molar-refractivity contribution in [1.29, 1.82) is 0 Å². The molecule has 1 aromatic rings. The van der Waals surface area contributed by atoms with E-state index in [0.717, 1.165) is 12.8 Å². The molecule has 0 saturated heterocycles. The maximum Gasteiger partial charge on any atom is 0.254 e. The average Bonchev–Trinajstić information content (AvgIpc) is 3.49. The van der Waals surface area contributed by atoms with Crippen molar-refractivity contribution in [1.82, 2.24) is 10.2 Å². The summed E-state index contributed by atoms with van der Waals surface area (Å²) in [7, 11) is 0. The van der Waals surface area contributed by atoms with Crippen molar-refractivity contribution in [3.05, 3.63) is 34.6 Å². The van der Waals surface area contributed by atoms with E-state index in [9.17, 15) is 19.1 Å². The Hall–Kier alpha value is -2.02. The lowest BCUT2D eigenvalue weighted by atomic mass is 9.77. The lowest BCUT2D eigenvalue weighted by Crippen LogP contribution is -2.56. The van der Waals surface area contributed by atoms with Gasteiger partial charge in [0.05, 0.1) is 17.6 Å². The smallest absolute Gasteiger partial charge is 0.254 e. The second-order valence-corrected chi connectivity index (χ2v) is 9.32. The predicted molar refractivity (Wildman–Crippen MR) is 97.3 cm³/mol. The van der Waals surface area contributed by atoms with Gasteiger partial charge in [-0.3, -0.25) is 9.59 Å². The molecule has 2 N–H and O–H groups in total. The molecule has 1 spiro atoms. The van der Waals surface area contributed by atoms with Crippen LogP contribution < -0.4 is 5.32 Å². The fraction of sp³-hybridized carbons (Fsp3) is 0.619. The van der Waals surface area contributed by atoms with Crippen LogP contribution in [0.1, 0.15) is 66.4 Å². The lowest BCUT2D eigenvalue weighted by molar-refractivity contribution is -0.125. The first-order valence-electron chi connectivity index (χ1n) is 9.98. The highest BCUT2D eigenvalue weighted by molar-refractivity contribution is 6.00. The van der Waals surface area contributed by atoms with Gasteiger partial charge in [-0.15, -0.1) is 0 Å². The largest absolute Gasteiger partial charge is 0.390 e. The van der Waals surface area contributed by atoms with Gasteiger partial charge in [-0.2, -0.15) is 0 Å². The molecule has 1 heterocycles. The first kappa shape index (κ1) is 18.0. The average molecular weight is 390 g/mol. The molecule has 0 unspecified atom stereocenters. The second-order valence-electron chi connectivity index (χ2n) is 9.32. The summed E-state index contributed by atoms with van der Waals surface area (Å²) in [5.41, 5.74) is -0.769. The summed E-state index contributed by atoms with van der Waals surface area (Å²) in [5, 5.41) is 12.6. The molecule has 0 aromatic heterocycles. The third-order valence-electron chi connectivity index (χ3n) is 6.73. The summed E-state index contributed by atoms with van der Waals surface area (Å²) in [6, 6.07) is 3.14. The summed E-state index contributed by atoms with van der Waals surface area (Å²) in [6.45, 7) is 1.56. The molecule has 5 rings (SSSR count). The third kappa shape index (κ3) is 2.74. The van der Waals surface area contributed by atoms with Gasteiger partial charge in [-0.1, -0.05) is 6.07 Å². The van der Waals surface area contributed by atoms with Gasteiger partial charge in [0.2, 0.25) is 5.91 Å². The number of hydrogen-bond donors (Lipinski definition) is 2. The molecule has 150 valence electrons. The van der Waals surface area contributed by atoms with Crippen molar-refractivity contribution in [2.45, 2.75) is 68.2 Å². The van der Waals surface area contributed by atoms with Gasteiger partial charge in [0.25, 0.3) is 5.91 Å². The topological polar surface area (TPSA) is 69.6 Å². The highest BCUT2D eigenvalue weighted by atomic mass is 19.1. The maximum absolute atomic E-state index is 15.2. The molecule has 2 amide bonds. The maximum atomic E-state index is 15.2. The van der Waals surface area contributed by atoms with Crippen LogP contribution in [0.5, 0.6) is 0 Å². The number of nitrogens with zero attached hydrogens (tertiary/aromatic N) is 1. The molecule has 1 aromatic carbocycles. The lowest BCUT2D eigenvalue weighted by Gasteiger charge is -2.41. The Morgan fingerprint density at radius 3 is 2.57 bits per heavy atom. The van der Waals surface area contributed by atoms with Crippen LogP contribution in [0.15, 0.2) is 12.1 Å². The molecular weight excluding hydrogens is 366 g/mol. The van der Waals surface area contributed by atoms with Crippen molar-refractivity contribution >= 4 is 11.8 Å². The van der Waals surface area contributed by atoms with Crippen LogP contribution in [0.4, 0.5) is 8.78 Å². The number of fused-ring (bicyclic) bond motifs is 2. The minimum absolute atomic E-state index is 0.0286. The van der Waals surface area contributed by atoms with Crippen LogP contribution >= 0.6 is 0 Å². The molecule has 3 aliphatic carbocycles. The van der Waals surface area contributed by atoms with Gasteiger partial charge in [0, 0.05) is 23.7 Å². The first-order chi connectivity index (χ1) is 13.2. The third-order valence-corrected chi connectivity index (χ3v) is 6.73. The minimum Gasteiger partial charge on any atom is -0.390 e. The fourth-order valence-electron chi connectivity index (χ4n) is 4.99. The van der Waals surface area contributed by atoms with E-state index in [1.807, 2.05) is 0 Å². The molecule has 28 heavy (non-hydrogen) atoms. The molecule has 2 atom stereocenters. The standard InChI is InChI=1S/C21H24F2N2O3/c1-20(28)6-12(7-20)24-16(26)9-25-10-21(8-15(21)22)17-14(19(25)27)5-4-13(18(17)23)11-2-3-11/h4-5,11-12,15,28H,2-3,6-10H2,1H3,(H,24,26)/t12-,15-,20-,21-/m1/s1. The van der Waals surface area contributed by atoms with E-state index < -0.39 is 28.9 Å². The number of hydrogen-bond acceptors (Lipinski definition) is 3. The van der Waals surface area contributed by atoms with Crippen LogP contribution in [-0.2, 0) is 10.2 Å². The van der Waals surface area contributed by atoms with Crippen molar-refractivity contribution in [2.75, 3.05) is 13.1 Å². The van der Waals surface area contributed by atoms with Gasteiger partial charge < -0.3 is 15.3 Å². The van der Waals surface area contributed by atoms with Crippen molar-refractivity contribution in [3.8, 4) is 0 Å². The Bertz CT molecular complexity index is 875. The summed E-state index contributed by atoms with van der Waals surface area (Å²) in [6.07, 6.45) is 1.78. The molecule has 5 nitrogen and oxygen atoms in total. The van der Waals surface area contributed by atoms with E-state index >= 15 is 4.39 Å². The number of halogens is 2. The number of rotatable bonds is 4. The molecule has 1 aliphatic heterocycles. The fourth-order valence-corrected chi connectivity index (χ4v) is 4.99. The quantitative estimate of drug-likeness (QED) is 0.828. The van der Waals surface area contributed by atoms with E-state index in [-0.39, 0.29) is 48.5 Å². The summed E-state index contributed by atoms with van der Waals surface area (Å²) >= 11 is 0. The van der Waals surface area contributed by atoms with Crippen LogP contribution in [0.3, 0.4) is 0 Å². The summed E-state index contributed by atoms with van der Waals surface area (Å²) in [5.74, 6) is -0.998. The number of carbonyl (C=O) groups is 2. The van der Waals surface area contributed by atoms with Gasteiger partial charge >= 0.3 is 0 Å². The highest BCUT2D eigenvalue weighted by Gasteiger charge is 2.62. The molecule has 0 radical (unpaired) electrons. The van der Waals surface area contributed by atoms with Crippen LogP contribution in [0, 0.1) is 5.82 Å². The van der Waals surface area contributed by atoms with Crippen LogP contribution in [-0.4, -0.2) is 52.7 Å². The summed E-state index contributed by atoms with van der Waals surface area (Å²) in [4.78, 5) is 26.6. The van der Waals surface area contributed by atoms with E-state index in [2.05, 4.69) is 5.32 Å².